The van der Waals surface area contributed by atoms with Gasteiger partial charge in [0.25, 0.3) is 10.0 Å². The van der Waals surface area contributed by atoms with Crippen molar-refractivity contribution in [2.75, 3.05) is 7.11 Å². The van der Waals surface area contributed by atoms with Gasteiger partial charge >= 0.3 is 0 Å². The summed E-state index contributed by atoms with van der Waals surface area (Å²) < 4.78 is 33.6. The van der Waals surface area contributed by atoms with Crippen LogP contribution in [0.5, 0.6) is 5.75 Å². The van der Waals surface area contributed by atoms with E-state index in [1.165, 1.54) is 16.1 Å². The fourth-order valence-electron chi connectivity index (χ4n) is 3.53. The molecule has 0 aliphatic heterocycles. The summed E-state index contributed by atoms with van der Waals surface area (Å²) in [5, 5.41) is 12.5. The van der Waals surface area contributed by atoms with Crippen molar-refractivity contribution in [2.45, 2.75) is 17.4 Å². The molecule has 0 fully saturated rings. The highest BCUT2D eigenvalue weighted by Gasteiger charge is 2.35. The van der Waals surface area contributed by atoms with Crippen molar-refractivity contribution >= 4 is 32.5 Å². The van der Waals surface area contributed by atoms with Gasteiger partial charge in [0.05, 0.1) is 23.2 Å². The molecule has 1 atom stereocenters. The number of benzene rings is 3. The van der Waals surface area contributed by atoms with E-state index < -0.39 is 15.6 Å². The first-order valence-electron chi connectivity index (χ1n) is 9.25. The Morgan fingerprint density at radius 2 is 1.63 bits per heavy atom. The van der Waals surface area contributed by atoms with Crippen LogP contribution in [-0.4, -0.2) is 24.6 Å². The van der Waals surface area contributed by atoms with Crippen molar-refractivity contribution in [3.05, 3.63) is 95.1 Å². The van der Waals surface area contributed by atoms with Crippen LogP contribution in [0.4, 0.5) is 0 Å². The Kier molecular flexibility index (Phi) is 5.10. The Bertz CT molecular complexity index is 1310. The molecule has 4 rings (SSSR count). The molecule has 0 bridgehead atoms. The summed E-state index contributed by atoms with van der Waals surface area (Å²) in [7, 11) is -2.45. The number of nitrogens with zero attached hydrogens (tertiary/aromatic N) is 1. The molecule has 0 saturated heterocycles. The predicted octanol–water partition coefficient (Wildman–Crippen LogP) is 4.80. The first-order valence-corrected chi connectivity index (χ1v) is 11.1. The predicted molar refractivity (Wildman–Crippen MR) is 118 cm³/mol. The van der Waals surface area contributed by atoms with Crippen molar-refractivity contribution in [1.29, 1.82) is 0 Å². The van der Waals surface area contributed by atoms with E-state index in [0.717, 1.165) is 0 Å². The average Bonchev–Trinajstić information content (AvgIpc) is 3.17. The van der Waals surface area contributed by atoms with Crippen molar-refractivity contribution in [1.82, 2.24) is 3.97 Å². The molecule has 1 aromatic heterocycles. The van der Waals surface area contributed by atoms with Gasteiger partial charge in [0.15, 0.2) is 0 Å². The van der Waals surface area contributed by atoms with Crippen LogP contribution < -0.4 is 4.74 Å². The van der Waals surface area contributed by atoms with Crippen LogP contribution in [-0.2, 0) is 15.6 Å². The van der Waals surface area contributed by atoms with Gasteiger partial charge in [-0.3, -0.25) is 0 Å². The topological polar surface area (TPSA) is 68.5 Å². The van der Waals surface area contributed by atoms with Crippen LogP contribution in [0.15, 0.2) is 83.8 Å². The Morgan fingerprint density at radius 1 is 0.967 bits per heavy atom. The molecule has 4 aromatic rings. The minimum atomic E-state index is -4.00. The molecule has 1 heterocycles. The molecule has 154 valence electrons. The molecular formula is C23H20ClNO4S. The zero-order chi connectivity index (χ0) is 21.5. The maximum Gasteiger partial charge on any atom is 0.268 e. The summed E-state index contributed by atoms with van der Waals surface area (Å²) in [6.07, 6.45) is 0. The van der Waals surface area contributed by atoms with Gasteiger partial charge in [0.2, 0.25) is 0 Å². The zero-order valence-electron chi connectivity index (χ0n) is 16.4. The normalized spacial score (nSPS) is 13.9. The van der Waals surface area contributed by atoms with E-state index in [4.69, 9.17) is 16.3 Å². The van der Waals surface area contributed by atoms with Gasteiger partial charge in [-0.25, -0.2) is 12.4 Å². The molecule has 0 saturated carbocycles. The van der Waals surface area contributed by atoms with Gasteiger partial charge in [-0.2, -0.15) is 0 Å². The van der Waals surface area contributed by atoms with E-state index in [2.05, 4.69) is 0 Å². The average molecular weight is 442 g/mol. The molecule has 5 nitrogen and oxygen atoms in total. The lowest BCUT2D eigenvalue weighted by atomic mass is 9.92. The zero-order valence-corrected chi connectivity index (χ0v) is 18.0. The summed E-state index contributed by atoms with van der Waals surface area (Å²) in [5.74, 6) is 0.634. The first-order chi connectivity index (χ1) is 14.3. The molecule has 1 unspecified atom stereocenters. The number of ether oxygens (including phenoxy) is 1. The van der Waals surface area contributed by atoms with E-state index in [9.17, 15) is 13.5 Å². The number of aromatic nitrogens is 1. The third-order valence-corrected chi connectivity index (χ3v) is 7.25. The van der Waals surface area contributed by atoms with Crippen LogP contribution in [0.2, 0.25) is 5.02 Å². The lowest BCUT2D eigenvalue weighted by Gasteiger charge is -2.26. The van der Waals surface area contributed by atoms with Crippen LogP contribution in [0, 0.1) is 0 Å². The summed E-state index contributed by atoms with van der Waals surface area (Å²) in [5.41, 5.74) is -0.502. The molecule has 0 radical (unpaired) electrons. The summed E-state index contributed by atoms with van der Waals surface area (Å²) in [4.78, 5) is 0.120. The Morgan fingerprint density at radius 3 is 2.27 bits per heavy atom. The second kappa shape index (κ2) is 7.47. The third kappa shape index (κ3) is 3.27. The Hall–Kier alpha value is -2.80. The van der Waals surface area contributed by atoms with Crippen molar-refractivity contribution in [2.24, 2.45) is 0 Å². The van der Waals surface area contributed by atoms with Crippen LogP contribution in [0.3, 0.4) is 0 Å². The number of aliphatic hydroxyl groups is 1. The minimum Gasteiger partial charge on any atom is -0.497 e. The molecule has 0 amide bonds. The smallest absolute Gasteiger partial charge is 0.268 e. The van der Waals surface area contributed by atoms with Crippen LogP contribution in [0.25, 0.3) is 10.9 Å². The van der Waals surface area contributed by atoms with Crippen molar-refractivity contribution in [3.63, 3.8) is 0 Å². The first kappa shape index (κ1) is 20.5. The molecule has 3 aromatic carbocycles. The molecule has 1 N–H and O–H groups in total. The molecule has 0 spiro atoms. The lowest BCUT2D eigenvalue weighted by Crippen LogP contribution is -2.29. The Balaban J connectivity index is 2.03. The Labute approximate surface area is 180 Å². The van der Waals surface area contributed by atoms with Gasteiger partial charge in [-0.15, -0.1) is 0 Å². The lowest BCUT2D eigenvalue weighted by molar-refractivity contribution is 0.0968. The standard InChI is InChI=1S/C23H20ClNO4S/c1-23(26,16-11-13-17(29-2)14-12-16)22-15-19-20(24)9-6-10-21(19)25(22)30(27,28)18-7-4-3-5-8-18/h3-15,26H,1-2H3. The van der Waals surface area contributed by atoms with E-state index in [-0.39, 0.29) is 10.6 Å². The number of hydrogen-bond acceptors (Lipinski definition) is 4. The van der Waals surface area contributed by atoms with E-state index >= 15 is 0 Å². The van der Waals surface area contributed by atoms with E-state index in [1.807, 2.05) is 0 Å². The van der Waals surface area contributed by atoms with Gasteiger partial charge in [0.1, 0.15) is 11.4 Å². The molecule has 0 aliphatic rings. The number of methoxy groups -OCH3 is 1. The second-order valence-corrected chi connectivity index (χ2v) is 9.28. The fraction of sp³-hybridized carbons (Fsp3) is 0.130. The van der Waals surface area contributed by atoms with Crippen LogP contribution >= 0.6 is 11.6 Å². The van der Waals surface area contributed by atoms with Crippen molar-refractivity contribution in [3.8, 4) is 5.75 Å². The second-order valence-electron chi connectivity index (χ2n) is 7.09. The third-order valence-electron chi connectivity index (χ3n) is 5.18. The summed E-state index contributed by atoms with van der Waals surface area (Å²) >= 11 is 6.37. The van der Waals surface area contributed by atoms with Gasteiger partial charge in [0, 0.05) is 10.4 Å². The quantitative estimate of drug-likeness (QED) is 0.483. The van der Waals surface area contributed by atoms with Gasteiger partial charge in [-0.05, 0) is 55.0 Å². The molecular weight excluding hydrogens is 422 g/mol. The summed E-state index contributed by atoms with van der Waals surface area (Å²) in [6.45, 7) is 1.56. The van der Waals surface area contributed by atoms with Gasteiger partial charge < -0.3 is 9.84 Å². The maximum atomic E-state index is 13.6. The molecule has 30 heavy (non-hydrogen) atoms. The summed E-state index contributed by atoms with van der Waals surface area (Å²) in [6, 6.07) is 21.6. The van der Waals surface area contributed by atoms with Crippen molar-refractivity contribution < 1.29 is 18.3 Å². The largest absolute Gasteiger partial charge is 0.497 e. The monoisotopic (exact) mass is 441 g/mol. The number of halogens is 1. The van der Waals surface area contributed by atoms with E-state index in [0.29, 0.717) is 27.2 Å². The highest BCUT2D eigenvalue weighted by molar-refractivity contribution is 7.90. The fourth-order valence-corrected chi connectivity index (χ4v) is 5.37. The highest BCUT2D eigenvalue weighted by atomic mass is 35.5. The SMILES string of the molecule is COc1ccc(C(C)(O)c2cc3c(Cl)cccc3n2S(=O)(=O)c2ccccc2)cc1. The highest BCUT2D eigenvalue weighted by Crippen LogP contribution is 2.38. The molecule has 0 aliphatic carbocycles. The van der Waals surface area contributed by atoms with Crippen LogP contribution in [0.1, 0.15) is 18.2 Å². The number of fused-ring (bicyclic) bond motifs is 1. The van der Waals surface area contributed by atoms with E-state index in [1.54, 1.807) is 80.8 Å². The number of rotatable bonds is 5. The molecule has 7 heteroatoms. The van der Waals surface area contributed by atoms with Gasteiger partial charge in [-0.1, -0.05) is 48.0 Å². The number of hydrogen-bond donors (Lipinski definition) is 1. The maximum absolute atomic E-state index is 13.6. The minimum absolute atomic E-state index is 0.120.